The molecule has 0 saturated heterocycles. The van der Waals surface area contributed by atoms with Gasteiger partial charge in [0.25, 0.3) is 0 Å². The number of hydrogen-bond acceptors (Lipinski definition) is 1. The second-order valence-electron chi connectivity index (χ2n) is 4.57. The first kappa shape index (κ1) is 14.1. The van der Waals surface area contributed by atoms with Crippen LogP contribution in [0.15, 0.2) is 24.3 Å². The normalized spacial score (nSPS) is 11.7. The molecule has 0 unspecified atom stereocenters. The van der Waals surface area contributed by atoms with Crippen LogP contribution in [0.5, 0.6) is 0 Å². The van der Waals surface area contributed by atoms with Gasteiger partial charge < -0.3 is 10.6 Å². The van der Waals surface area contributed by atoms with Crippen LogP contribution >= 0.6 is 0 Å². The fourth-order valence-corrected chi connectivity index (χ4v) is 1.63. The van der Waals surface area contributed by atoms with E-state index >= 15 is 0 Å². The van der Waals surface area contributed by atoms with Gasteiger partial charge in [-0.1, -0.05) is 44.0 Å². The number of carbonyl (C=O) groups is 1. The van der Waals surface area contributed by atoms with E-state index in [2.05, 4.69) is 42.5 Å². The Morgan fingerprint density at radius 2 is 1.78 bits per heavy atom. The number of hydrogen-bond donors (Lipinski definition) is 2. The van der Waals surface area contributed by atoms with Crippen molar-refractivity contribution < 1.29 is 4.79 Å². The highest BCUT2D eigenvalue weighted by Crippen LogP contribution is 2.18. The first-order chi connectivity index (χ1) is 8.54. The van der Waals surface area contributed by atoms with Crippen molar-refractivity contribution in [1.29, 1.82) is 0 Å². The second kappa shape index (κ2) is 6.70. The van der Waals surface area contributed by atoms with Crippen LogP contribution in [-0.4, -0.2) is 12.6 Å². The van der Waals surface area contributed by atoms with Crippen LogP contribution in [0.1, 0.15) is 43.9 Å². The van der Waals surface area contributed by atoms with Gasteiger partial charge in [0.15, 0.2) is 0 Å². The third-order valence-corrected chi connectivity index (χ3v) is 2.80. The molecule has 0 aliphatic carbocycles. The minimum atomic E-state index is -0.242. The Hall–Kier alpha value is -1.95. The van der Waals surface area contributed by atoms with E-state index in [0.29, 0.717) is 5.92 Å². The summed E-state index contributed by atoms with van der Waals surface area (Å²) in [5.74, 6) is 2.87. The molecule has 0 bridgehead atoms. The van der Waals surface area contributed by atoms with Gasteiger partial charge in [-0.15, -0.1) is 6.42 Å². The Morgan fingerprint density at radius 1 is 1.22 bits per heavy atom. The first-order valence-corrected chi connectivity index (χ1v) is 6.12. The zero-order chi connectivity index (χ0) is 13.5. The van der Waals surface area contributed by atoms with E-state index in [9.17, 15) is 4.79 Å². The average Bonchev–Trinajstić information content (AvgIpc) is 2.36. The van der Waals surface area contributed by atoms with Gasteiger partial charge in [-0.05, 0) is 24.0 Å². The second-order valence-corrected chi connectivity index (χ2v) is 4.57. The van der Waals surface area contributed by atoms with Crippen LogP contribution in [0.4, 0.5) is 4.79 Å². The third kappa shape index (κ3) is 4.14. The number of amides is 2. The van der Waals surface area contributed by atoms with Crippen LogP contribution < -0.4 is 10.6 Å². The lowest BCUT2D eigenvalue weighted by Gasteiger charge is -2.15. The molecule has 0 saturated carbocycles. The van der Waals surface area contributed by atoms with Crippen molar-refractivity contribution in [3.05, 3.63) is 35.4 Å². The molecule has 0 radical (unpaired) electrons. The maximum Gasteiger partial charge on any atom is 0.316 e. The molecule has 1 aromatic rings. The van der Waals surface area contributed by atoms with E-state index in [0.717, 1.165) is 5.56 Å². The van der Waals surface area contributed by atoms with E-state index in [1.54, 1.807) is 0 Å². The molecule has 18 heavy (non-hydrogen) atoms. The molecule has 1 rings (SSSR count). The minimum absolute atomic E-state index is 0.0380. The SMILES string of the molecule is C#CCNC(=O)N[C@@H](C)c1ccc(C(C)C)cc1. The number of urea groups is 1. The molecular formula is C15H20N2O. The van der Waals surface area contributed by atoms with Crippen molar-refractivity contribution in [3.8, 4) is 12.3 Å². The fourth-order valence-electron chi connectivity index (χ4n) is 1.63. The molecule has 0 heterocycles. The Balaban J connectivity index is 2.59. The van der Waals surface area contributed by atoms with E-state index < -0.39 is 0 Å². The van der Waals surface area contributed by atoms with Crippen molar-refractivity contribution in [1.82, 2.24) is 10.6 Å². The van der Waals surface area contributed by atoms with E-state index in [1.807, 2.05) is 19.1 Å². The molecule has 0 aromatic heterocycles. The predicted octanol–water partition coefficient (Wildman–Crippen LogP) is 2.80. The molecule has 0 aliphatic rings. The lowest BCUT2D eigenvalue weighted by atomic mass is 10.00. The summed E-state index contributed by atoms with van der Waals surface area (Å²) < 4.78 is 0. The molecule has 96 valence electrons. The molecule has 2 amide bonds. The van der Waals surface area contributed by atoms with Crippen molar-refractivity contribution in [2.24, 2.45) is 0 Å². The van der Waals surface area contributed by atoms with Crippen molar-refractivity contribution in [3.63, 3.8) is 0 Å². The smallest absolute Gasteiger partial charge is 0.316 e. The highest BCUT2D eigenvalue weighted by Gasteiger charge is 2.09. The highest BCUT2D eigenvalue weighted by molar-refractivity contribution is 5.74. The van der Waals surface area contributed by atoms with Crippen LogP contribution in [0.3, 0.4) is 0 Å². The highest BCUT2D eigenvalue weighted by atomic mass is 16.2. The number of terminal acetylenes is 1. The summed E-state index contributed by atoms with van der Waals surface area (Å²) in [4.78, 5) is 11.4. The van der Waals surface area contributed by atoms with Gasteiger partial charge in [-0.25, -0.2) is 4.79 Å². The fraction of sp³-hybridized carbons (Fsp3) is 0.400. The predicted molar refractivity (Wildman–Crippen MR) is 74.3 cm³/mol. The number of nitrogens with one attached hydrogen (secondary N) is 2. The van der Waals surface area contributed by atoms with E-state index in [4.69, 9.17) is 6.42 Å². The van der Waals surface area contributed by atoms with Gasteiger partial charge in [0.05, 0.1) is 12.6 Å². The molecule has 0 fully saturated rings. The van der Waals surface area contributed by atoms with Gasteiger partial charge in [-0.2, -0.15) is 0 Å². The van der Waals surface area contributed by atoms with E-state index in [-0.39, 0.29) is 18.6 Å². The van der Waals surface area contributed by atoms with Gasteiger partial charge in [0.1, 0.15) is 0 Å². The van der Waals surface area contributed by atoms with Crippen LogP contribution in [-0.2, 0) is 0 Å². The van der Waals surface area contributed by atoms with Crippen LogP contribution in [0.25, 0.3) is 0 Å². The number of benzene rings is 1. The minimum Gasteiger partial charge on any atom is -0.332 e. The Morgan fingerprint density at radius 3 is 2.28 bits per heavy atom. The Labute approximate surface area is 109 Å². The average molecular weight is 244 g/mol. The number of rotatable bonds is 4. The van der Waals surface area contributed by atoms with Crippen molar-refractivity contribution >= 4 is 6.03 Å². The molecule has 2 N–H and O–H groups in total. The molecular weight excluding hydrogens is 224 g/mol. The van der Waals surface area contributed by atoms with Crippen LogP contribution in [0.2, 0.25) is 0 Å². The molecule has 3 heteroatoms. The lowest BCUT2D eigenvalue weighted by molar-refractivity contribution is 0.239. The largest absolute Gasteiger partial charge is 0.332 e. The standard InChI is InChI=1S/C15H20N2O/c1-5-10-16-15(18)17-12(4)14-8-6-13(7-9-14)11(2)3/h1,6-9,11-12H,10H2,2-4H3,(H2,16,17,18)/t12-/m0/s1. The van der Waals surface area contributed by atoms with Gasteiger partial charge in [0, 0.05) is 0 Å². The molecule has 3 nitrogen and oxygen atoms in total. The molecule has 1 atom stereocenters. The number of carbonyl (C=O) groups excluding carboxylic acids is 1. The van der Waals surface area contributed by atoms with Gasteiger partial charge in [-0.3, -0.25) is 0 Å². The summed E-state index contributed by atoms with van der Waals surface area (Å²) in [6, 6.07) is 8.00. The Bertz CT molecular complexity index is 429. The zero-order valence-electron chi connectivity index (χ0n) is 11.2. The van der Waals surface area contributed by atoms with Crippen LogP contribution in [0, 0.1) is 12.3 Å². The molecule has 0 aliphatic heterocycles. The summed E-state index contributed by atoms with van der Waals surface area (Å²) in [6.45, 7) is 6.50. The summed E-state index contributed by atoms with van der Waals surface area (Å²) in [5.41, 5.74) is 2.37. The Kier molecular flexibility index (Phi) is 5.26. The summed E-state index contributed by atoms with van der Waals surface area (Å²) in [5, 5.41) is 5.41. The van der Waals surface area contributed by atoms with Gasteiger partial charge in [0.2, 0.25) is 0 Å². The summed E-state index contributed by atoms with van der Waals surface area (Å²) in [6.07, 6.45) is 5.07. The third-order valence-electron chi connectivity index (χ3n) is 2.80. The quantitative estimate of drug-likeness (QED) is 0.786. The van der Waals surface area contributed by atoms with Gasteiger partial charge >= 0.3 is 6.03 Å². The lowest BCUT2D eigenvalue weighted by Crippen LogP contribution is -2.37. The van der Waals surface area contributed by atoms with Crippen molar-refractivity contribution in [2.75, 3.05) is 6.54 Å². The first-order valence-electron chi connectivity index (χ1n) is 6.12. The summed E-state index contributed by atoms with van der Waals surface area (Å²) in [7, 11) is 0. The monoisotopic (exact) mass is 244 g/mol. The molecule has 0 spiro atoms. The maximum atomic E-state index is 11.4. The maximum absolute atomic E-state index is 11.4. The van der Waals surface area contributed by atoms with E-state index in [1.165, 1.54) is 5.56 Å². The molecule has 1 aromatic carbocycles. The topological polar surface area (TPSA) is 41.1 Å². The van der Waals surface area contributed by atoms with Crippen molar-refractivity contribution in [2.45, 2.75) is 32.7 Å². The zero-order valence-corrected chi connectivity index (χ0v) is 11.2. The summed E-state index contributed by atoms with van der Waals surface area (Å²) >= 11 is 0.